The number of pyridine rings is 1. The zero-order chi connectivity index (χ0) is 17.8. The molecule has 3 rings (SSSR count). The lowest BCUT2D eigenvalue weighted by atomic mass is 9.94. The maximum Gasteiger partial charge on any atom is 0.140 e. The van der Waals surface area contributed by atoms with Crippen molar-refractivity contribution in [2.45, 2.75) is 32.8 Å². The fraction of sp³-hybridized carbons (Fsp3) is 0.400. The zero-order valence-corrected chi connectivity index (χ0v) is 14.7. The second-order valence-electron chi connectivity index (χ2n) is 6.51. The van der Waals surface area contributed by atoms with Gasteiger partial charge < -0.3 is 15.2 Å². The topological polar surface area (TPSA) is 81.2 Å². The summed E-state index contributed by atoms with van der Waals surface area (Å²) in [4.78, 5) is 4.17. The highest BCUT2D eigenvalue weighted by atomic mass is 16.5. The molecule has 2 unspecified atom stereocenters. The van der Waals surface area contributed by atoms with Gasteiger partial charge in [0.25, 0.3) is 0 Å². The van der Waals surface area contributed by atoms with E-state index in [4.69, 9.17) is 15.2 Å². The Hall–Kier alpha value is -2.58. The van der Waals surface area contributed by atoms with Crippen LogP contribution in [0.5, 0.6) is 11.5 Å². The summed E-state index contributed by atoms with van der Waals surface area (Å²) in [6.07, 6.45) is 5.42. The molecule has 5 nitrogen and oxygen atoms in total. The molecule has 5 heteroatoms. The summed E-state index contributed by atoms with van der Waals surface area (Å²) in [5.41, 5.74) is 9.16. The molecule has 2 atom stereocenters. The summed E-state index contributed by atoms with van der Waals surface area (Å²) < 4.78 is 11.9. The Labute approximate surface area is 148 Å². The molecule has 1 aliphatic rings. The van der Waals surface area contributed by atoms with E-state index in [1.54, 1.807) is 6.20 Å². The van der Waals surface area contributed by atoms with Gasteiger partial charge in [-0.05, 0) is 49.9 Å². The molecule has 0 amide bonds. The predicted molar refractivity (Wildman–Crippen MR) is 96.4 cm³/mol. The van der Waals surface area contributed by atoms with Crippen LogP contribution in [0.4, 0.5) is 0 Å². The second kappa shape index (κ2) is 7.54. The average Bonchev–Trinajstić information content (AvgIpc) is 2.64. The van der Waals surface area contributed by atoms with Crippen LogP contribution < -0.4 is 15.2 Å². The van der Waals surface area contributed by atoms with Crippen molar-refractivity contribution in [2.24, 2.45) is 11.7 Å². The minimum atomic E-state index is -0.0811. The number of hydrogen-bond donors (Lipinski definition) is 1. The number of nitriles is 1. The number of ether oxygens (including phenoxy) is 2. The van der Waals surface area contributed by atoms with Crippen LogP contribution in [0.15, 0.2) is 30.6 Å². The van der Waals surface area contributed by atoms with Crippen molar-refractivity contribution in [2.75, 3.05) is 13.2 Å². The van der Waals surface area contributed by atoms with Crippen LogP contribution in [-0.4, -0.2) is 18.1 Å². The summed E-state index contributed by atoms with van der Waals surface area (Å²) in [5.74, 6) is 1.80. The number of hydrogen-bond acceptors (Lipinski definition) is 5. The Balaban J connectivity index is 1.84. The number of nitrogens with two attached hydrogens (primary N) is 1. The van der Waals surface area contributed by atoms with Crippen LogP contribution in [0.25, 0.3) is 11.1 Å². The molecule has 2 N–H and O–H groups in total. The molecule has 1 aromatic heterocycles. The first-order valence-electron chi connectivity index (χ1n) is 8.66. The highest BCUT2D eigenvalue weighted by Crippen LogP contribution is 2.44. The Morgan fingerprint density at radius 3 is 3.00 bits per heavy atom. The molecule has 2 heterocycles. The van der Waals surface area contributed by atoms with E-state index >= 15 is 0 Å². The lowest BCUT2D eigenvalue weighted by molar-refractivity contribution is 0.220. The quantitative estimate of drug-likeness (QED) is 0.810. The predicted octanol–water partition coefficient (Wildman–Crippen LogP) is 3.83. The van der Waals surface area contributed by atoms with Crippen LogP contribution in [-0.2, 0) is 0 Å². The van der Waals surface area contributed by atoms with Gasteiger partial charge in [-0.2, -0.15) is 5.26 Å². The third-order valence-corrected chi connectivity index (χ3v) is 4.59. The van der Waals surface area contributed by atoms with E-state index in [1.165, 1.54) is 0 Å². The summed E-state index contributed by atoms with van der Waals surface area (Å²) in [6.45, 7) is 5.37. The first kappa shape index (κ1) is 17.2. The van der Waals surface area contributed by atoms with Crippen LogP contribution in [0.3, 0.4) is 0 Å². The van der Waals surface area contributed by atoms with E-state index in [0.29, 0.717) is 30.4 Å². The van der Waals surface area contributed by atoms with Crippen molar-refractivity contribution in [3.63, 3.8) is 0 Å². The van der Waals surface area contributed by atoms with Gasteiger partial charge in [0.15, 0.2) is 0 Å². The van der Waals surface area contributed by atoms with Gasteiger partial charge in [-0.1, -0.05) is 6.92 Å². The van der Waals surface area contributed by atoms with Crippen molar-refractivity contribution in [3.05, 3.63) is 41.7 Å². The van der Waals surface area contributed by atoms with Crippen molar-refractivity contribution in [1.29, 1.82) is 5.26 Å². The highest BCUT2D eigenvalue weighted by molar-refractivity contribution is 5.78. The van der Waals surface area contributed by atoms with E-state index in [9.17, 15) is 5.26 Å². The molecule has 0 bridgehead atoms. The van der Waals surface area contributed by atoms with Gasteiger partial charge in [-0.25, -0.2) is 0 Å². The number of nitrogens with zero attached hydrogens (tertiary/aromatic N) is 2. The van der Waals surface area contributed by atoms with Crippen LogP contribution >= 0.6 is 0 Å². The Morgan fingerprint density at radius 2 is 2.24 bits per heavy atom. The van der Waals surface area contributed by atoms with Gasteiger partial charge in [0, 0.05) is 29.6 Å². The number of benzene rings is 1. The molecular weight excluding hydrogens is 314 g/mol. The summed E-state index contributed by atoms with van der Waals surface area (Å²) in [6, 6.07) is 7.87. The minimum Gasteiger partial charge on any atom is -0.492 e. The first-order chi connectivity index (χ1) is 12.1. The Bertz CT molecular complexity index is 798. The fourth-order valence-electron chi connectivity index (χ4n) is 3.04. The molecule has 0 radical (unpaired) electrons. The van der Waals surface area contributed by atoms with Crippen molar-refractivity contribution in [1.82, 2.24) is 4.98 Å². The first-order valence-corrected chi connectivity index (χ1v) is 8.66. The summed E-state index contributed by atoms with van der Waals surface area (Å²) in [5, 5.41) is 9.50. The van der Waals surface area contributed by atoms with Gasteiger partial charge in [0.1, 0.15) is 23.7 Å². The summed E-state index contributed by atoms with van der Waals surface area (Å²) in [7, 11) is 0. The fourth-order valence-corrected chi connectivity index (χ4v) is 3.04. The van der Waals surface area contributed by atoms with Crippen LogP contribution in [0.2, 0.25) is 0 Å². The molecule has 25 heavy (non-hydrogen) atoms. The van der Waals surface area contributed by atoms with Gasteiger partial charge >= 0.3 is 0 Å². The minimum absolute atomic E-state index is 0.0811. The molecule has 2 aromatic rings. The molecule has 130 valence electrons. The zero-order valence-electron chi connectivity index (χ0n) is 14.7. The second-order valence-corrected chi connectivity index (χ2v) is 6.51. The monoisotopic (exact) mass is 337 g/mol. The SMILES string of the molecule is CC(CN)CCCOc1cc2c(cc1C#N)-c1ccncc1C(C)O2. The molecule has 0 fully saturated rings. The molecule has 0 saturated carbocycles. The lowest BCUT2D eigenvalue weighted by Crippen LogP contribution is -2.13. The van der Waals surface area contributed by atoms with Crippen molar-refractivity contribution in [3.8, 4) is 28.7 Å². The number of rotatable bonds is 6. The van der Waals surface area contributed by atoms with Gasteiger partial charge in [0.05, 0.1) is 12.2 Å². The van der Waals surface area contributed by atoms with E-state index in [1.807, 2.05) is 31.3 Å². The van der Waals surface area contributed by atoms with Crippen LogP contribution in [0.1, 0.15) is 43.9 Å². The largest absolute Gasteiger partial charge is 0.492 e. The van der Waals surface area contributed by atoms with Crippen molar-refractivity contribution < 1.29 is 9.47 Å². The lowest BCUT2D eigenvalue weighted by Gasteiger charge is -2.26. The number of aromatic nitrogens is 1. The van der Waals surface area contributed by atoms with Gasteiger partial charge in [-0.3, -0.25) is 4.98 Å². The number of fused-ring (bicyclic) bond motifs is 3. The molecule has 0 spiro atoms. The normalized spacial score (nSPS) is 16.2. The molecule has 1 aliphatic heterocycles. The maximum atomic E-state index is 9.50. The molecule has 0 aliphatic carbocycles. The summed E-state index contributed by atoms with van der Waals surface area (Å²) >= 11 is 0. The average molecular weight is 337 g/mol. The Morgan fingerprint density at radius 1 is 1.40 bits per heavy atom. The third kappa shape index (κ3) is 3.59. The van der Waals surface area contributed by atoms with Crippen LogP contribution in [0, 0.1) is 17.2 Å². The standard InChI is InChI=1S/C20H23N3O2/c1-13(10-21)4-3-7-24-19-9-20-17(8-15(19)11-22)16-5-6-23-12-18(16)14(2)25-20/h5-6,8-9,12-14H,3-4,7,10,21H2,1-2H3. The maximum absolute atomic E-state index is 9.50. The van der Waals surface area contributed by atoms with Gasteiger partial charge in [-0.15, -0.1) is 0 Å². The van der Waals surface area contributed by atoms with E-state index in [0.717, 1.165) is 35.3 Å². The molecule has 0 saturated heterocycles. The third-order valence-electron chi connectivity index (χ3n) is 4.59. The van der Waals surface area contributed by atoms with E-state index in [-0.39, 0.29) is 6.10 Å². The van der Waals surface area contributed by atoms with Gasteiger partial charge in [0.2, 0.25) is 0 Å². The smallest absolute Gasteiger partial charge is 0.140 e. The highest BCUT2D eigenvalue weighted by Gasteiger charge is 2.25. The molecular formula is C20H23N3O2. The molecule has 1 aromatic carbocycles. The van der Waals surface area contributed by atoms with E-state index in [2.05, 4.69) is 18.0 Å². The van der Waals surface area contributed by atoms with Crippen molar-refractivity contribution >= 4 is 0 Å². The Kier molecular flexibility index (Phi) is 5.20. The van der Waals surface area contributed by atoms with E-state index < -0.39 is 0 Å².